The van der Waals surface area contributed by atoms with Gasteiger partial charge in [0.2, 0.25) is 0 Å². The zero-order valence-electron chi connectivity index (χ0n) is 23.2. The number of benzene rings is 7. The van der Waals surface area contributed by atoms with E-state index in [1.54, 1.807) is 0 Å². The molecule has 0 atom stereocenters. The van der Waals surface area contributed by atoms with Gasteiger partial charge in [0.1, 0.15) is 11.2 Å². The van der Waals surface area contributed by atoms with E-state index < -0.39 is 0 Å². The minimum atomic E-state index is 0.895. The van der Waals surface area contributed by atoms with Crippen LogP contribution < -0.4 is 4.90 Å². The summed E-state index contributed by atoms with van der Waals surface area (Å²) in [4.78, 5) is 2.45. The van der Waals surface area contributed by atoms with Crippen LogP contribution >= 0.6 is 11.3 Å². The van der Waals surface area contributed by atoms with Crippen molar-refractivity contribution in [1.82, 2.24) is 0 Å². The molecule has 202 valence electrons. The van der Waals surface area contributed by atoms with Crippen LogP contribution in [0.5, 0.6) is 0 Å². The Morgan fingerprint density at radius 3 is 2.07 bits per heavy atom. The molecule has 0 N–H and O–H groups in total. The monoisotopic (exact) mass is 567 g/mol. The Hall–Kier alpha value is -5.38. The van der Waals surface area contributed by atoms with Gasteiger partial charge >= 0.3 is 0 Å². The first-order chi connectivity index (χ1) is 21.3. The van der Waals surface area contributed by atoms with Gasteiger partial charge in [-0.15, -0.1) is 11.3 Å². The molecule has 0 unspecified atom stereocenters. The highest BCUT2D eigenvalue weighted by molar-refractivity contribution is 7.26. The molecule has 0 saturated carbocycles. The van der Waals surface area contributed by atoms with Gasteiger partial charge in [0.15, 0.2) is 0 Å². The average molecular weight is 568 g/mol. The third-order valence-corrected chi connectivity index (χ3v) is 9.63. The molecule has 9 aromatic rings. The number of hydrogen-bond acceptors (Lipinski definition) is 3. The van der Waals surface area contributed by atoms with Gasteiger partial charge in [-0.05, 0) is 58.8 Å². The number of furan rings is 1. The summed E-state index contributed by atoms with van der Waals surface area (Å²) >= 11 is 1.87. The molecule has 2 nitrogen and oxygen atoms in total. The van der Waals surface area contributed by atoms with Gasteiger partial charge in [0, 0.05) is 43.2 Å². The summed E-state index contributed by atoms with van der Waals surface area (Å²) in [5.41, 5.74) is 7.59. The van der Waals surface area contributed by atoms with E-state index in [9.17, 15) is 0 Å². The van der Waals surface area contributed by atoms with Crippen molar-refractivity contribution in [2.24, 2.45) is 0 Å². The third kappa shape index (κ3) is 3.86. The lowest BCUT2D eigenvalue weighted by atomic mass is 9.99. The second-order valence-corrected chi connectivity index (χ2v) is 12.0. The molecule has 0 saturated heterocycles. The Balaban J connectivity index is 1.41. The van der Waals surface area contributed by atoms with Crippen molar-refractivity contribution in [3.8, 4) is 11.1 Å². The fraction of sp³-hybridized carbons (Fsp3) is 0. The topological polar surface area (TPSA) is 16.4 Å². The van der Waals surface area contributed by atoms with Gasteiger partial charge in [-0.25, -0.2) is 0 Å². The van der Waals surface area contributed by atoms with Gasteiger partial charge in [-0.3, -0.25) is 0 Å². The van der Waals surface area contributed by atoms with Crippen LogP contribution in [-0.4, -0.2) is 0 Å². The largest absolute Gasteiger partial charge is 0.456 e. The maximum absolute atomic E-state index is 6.24. The molecule has 0 aliphatic carbocycles. The summed E-state index contributed by atoms with van der Waals surface area (Å²) in [6.45, 7) is 0. The average Bonchev–Trinajstić information content (AvgIpc) is 3.64. The zero-order valence-corrected chi connectivity index (χ0v) is 24.0. The van der Waals surface area contributed by atoms with Crippen molar-refractivity contribution in [2.75, 3.05) is 4.90 Å². The Morgan fingerprint density at radius 1 is 0.465 bits per heavy atom. The third-order valence-electron chi connectivity index (χ3n) is 8.44. The van der Waals surface area contributed by atoms with Gasteiger partial charge in [0.05, 0.1) is 10.4 Å². The van der Waals surface area contributed by atoms with E-state index in [2.05, 4.69) is 144 Å². The van der Waals surface area contributed by atoms with E-state index in [0.29, 0.717) is 0 Å². The molecule has 2 heterocycles. The molecule has 0 radical (unpaired) electrons. The van der Waals surface area contributed by atoms with E-state index >= 15 is 0 Å². The van der Waals surface area contributed by atoms with E-state index in [-0.39, 0.29) is 0 Å². The van der Waals surface area contributed by atoms with E-state index in [0.717, 1.165) is 33.3 Å². The Kier molecular flexibility index (Phi) is 5.40. The molecule has 3 heteroatoms. The highest BCUT2D eigenvalue weighted by atomic mass is 32.1. The second-order valence-electron chi connectivity index (χ2n) is 10.9. The number of nitrogens with zero attached hydrogens (tertiary/aromatic N) is 1. The molecule has 0 fully saturated rings. The normalized spacial score (nSPS) is 11.7. The van der Waals surface area contributed by atoms with Crippen molar-refractivity contribution in [1.29, 1.82) is 0 Å². The van der Waals surface area contributed by atoms with Crippen LogP contribution in [0.4, 0.5) is 17.1 Å². The Morgan fingerprint density at radius 2 is 1.16 bits per heavy atom. The zero-order chi connectivity index (χ0) is 28.3. The number of thiophene rings is 1. The number of fused-ring (bicyclic) bond motifs is 7. The molecular weight excluding hydrogens is 543 g/mol. The van der Waals surface area contributed by atoms with Crippen LogP contribution in [0.3, 0.4) is 0 Å². The maximum atomic E-state index is 6.24. The summed E-state index contributed by atoms with van der Waals surface area (Å²) in [7, 11) is 0. The van der Waals surface area contributed by atoms with E-state index in [4.69, 9.17) is 4.42 Å². The number of rotatable bonds is 4. The highest BCUT2D eigenvalue weighted by Gasteiger charge is 2.23. The molecule has 0 amide bonds. The van der Waals surface area contributed by atoms with Crippen LogP contribution in [0.1, 0.15) is 0 Å². The van der Waals surface area contributed by atoms with Crippen LogP contribution in [0, 0.1) is 0 Å². The smallest absolute Gasteiger partial charge is 0.135 e. The fourth-order valence-corrected chi connectivity index (χ4v) is 7.66. The molecule has 0 spiro atoms. The molecule has 9 rings (SSSR count). The van der Waals surface area contributed by atoms with E-state index in [1.165, 1.54) is 47.8 Å². The van der Waals surface area contributed by atoms with Gasteiger partial charge in [0.25, 0.3) is 0 Å². The first-order valence-corrected chi connectivity index (χ1v) is 15.3. The lowest BCUT2D eigenvalue weighted by molar-refractivity contribution is 0.669. The number of para-hydroxylation sites is 1. The standard InChI is InChI=1S/C40H25NOS/c1-2-11-27(12-3-1)31-21-22-34-33-15-7-9-17-38(33)43-40(34)39(31)41(29-19-18-26-10-4-5-13-28(26)24-29)30-20-23-37-35(25-30)32-14-6-8-16-36(32)42-37/h1-25H. The van der Waals surface area contributed by atoms with Crippen LogP contribution in [0.15, 0.2) is 156 Å². The summed E-state index contributed by atoms with van der Waals surface area (Å²) in [5, 5.41) is 7.24. The summed E-state index contributed by atoms with van der Waals surface area (Å²) in [5.74, 6) is 0. The molecule has 0 aliphatic heterocycles. The van der Waals surface area contributed by atoms with Crippen molar-refractivity contribution in [2.45, 2.75) is 0 Å². The first kappa shape index (κ1) is 24.2. The molecular formula is C40H25NOS. The van der Waals surface area contributed by atoms with Gasteiger partial charge in [-0.2, -0.15) is 0 Å². The highest BCUT2D eigenvalue weighted by Crippen LogP contribution is 2.50. The SMILES string of the molecule is c1ccc(-c2ccc3c(sc4ccccc43)c2N(c2ccc3ccccc3c2)c2ccc3oc4ccccc4c3c2)cc1. The van der Waals surface area contributed by atoms with Crippen molar-refractivity contribution >= 4 is 81.3 Å². The predicted octanol–water partition coefficient (Wildman–Crippen LogP) is 12.2. The Labute approximate surface area is 252 Å². The number of hydrogen-bond donors (Lipinski definition) is 0. The molecule has 0 aliphatic rings. The minimum Gasteiger partial charge on any atom is -0.456 e. The number of anilines is 3. The quantitative estimate of drug-likeness (QED) is 0.210. The summed E-state index contributed by atoms with van der Waals surface area (Å²) < 4.78 is 8.80. The molecule has 2 aromatic heterocycles. The van der Waals surface area contributed by atoms with Crippen molar-refractivity contribution < 1.29 is 4.42 Å². The lowest BCUT2D eigenvalue weighted by Crippen LogP contribution is -2.11. The predicted molar refractivity (Wildman–Crippen MR) is 184 cm³/mol. The molecule has 7 aromatic carbocycles. The van der Waals surface area contributed by atoms with Gasteiger partial charge in [-0.1, -0.05) is 109 Å². The minimum absolute atomic E-state index is 0.895. The summed E-state index contributed by atoms with van der Waals surface area (Å²) in [6.07, 6.45) is 0. The first-order valence-electron chi connectivity index (χ1n) is 14.5. The van der Waals surface area contributed by atoms with Crippen molar-refractivity contribution in [3.63, 3.8) is 0 Å². The maximum Gasteiger partial charge on any atom is 0.135 e. The fourth-order valence-electron chi connectivity index (χ4n) is 6.42. The van der Waals surface area contributed by atoms with Crippen molar-refractivity contribution in [3.05, 3.63) is 152 Å². The Bertz CT molecular complexity index is 2470. The van der Waals surface area contributed by atoms with E-state index in [1.807, 2.05) is 23.5 Å². The summed E-state index contributed by atoms with van der Waals surface area (Å²) in [6, 6.07) is 54.4. The molecule has 0 bridgehead atoms. The van der Waals surface area contributed by atoms with Crippen LogP contribution in [0.25, 0.3) is 64.0 Å². The lowest BCUT2D eigenvalue weighted by Gasteiger charge is -2.29. The second kappa shape index (κ2) is 9.59. The molecule has 43 heavy (non-hydrogen) atoms. The van der Waals surface area contributed by atoms with Crippen LogP contribution in [0.2, 0.25) is 0 Å². The van der Waals surface area contributed by atoms with Gasteiger partial charge < -0.3 is 9.32 Å². The van der Waals surface area contributed by atoms with Crippen LogP contribution in [-0.2, 0) is 0 Å².